The standard InChI is InChI=1S/C8H10/c1-8-5-2-3-6(8)7(8)4-5/h3,5,7H,2,4H2,1H3. The quantitative estimate of drug-likeness (QED) is 0.414. The van der Waals surface area contributed by atoms with E-state index in [2.05, 4.69) is 13.0 Å². The highest BCUT2D eigenvalue weighted by atomic mass is 14.7. The van der Waals surface area contributed by atoms with Crippen LogP contribution >= 0.6 is 0 Å². The van der Waals surface area contributed by atoms with E-state index in [1.165, 1.54) is 12.8 Å². The molecule has 3 unspecified atom stereocenters. The Labute approximate surface area is 49.6 Å². The van der Waals surface area contributed by atoms with E-state index in [0.717, 1.165) is 17.3 Å². The van der Waals surface area contributed by atoms with Crippen LogP contribution in [0, 0.1) is 17.3 Å². The molecule has 0 aromatic heterocycles. The molecule has 8 heavy (non-hydrogen) atoms. The Bertz CT molecular complexity index is 190. The average Bonchev–Trinajstić information content (AvgIpc) is 2.13. The van der Waals surface area contributed by atoms with Gasteiger partial charge in [0.1, 0.15) is 0 Å². The molecule has 0 radical (unpaired) electrons. The molecule has 3 rings (SSSR count). The van der Waals surface area contributed by atoms with Crippen LogP contribution in [0.15, 0.2) is 11.6 Å². The molecule has 0 amide bonds. The molecule has 0 nitrogen and oxygen atoms in total. The second-order valence-electron chi connectivity index (χ2n) is 3.66. The van der Waals surface area contributed by atoms with Crippen LogP contribution in [-0.4, -0.2) is 0 Å². The molecule has 3 atom stereocenters. The SMILES string of the molecule is CC12C3=CCC1CC32. The first kappa shape index (κ1) is 3.71. The molecule has 0 heteroatoms. The monoisotopic (exact) mass is 106 g/mol. The van der Waals surface area contributed by atoms with Crippen molar-refractivity contribution in [3.63, 3.8) is 0 Å². The Morgan fingerprint density at radius 2 is 2.62 bits per heavy atom. The molecule has 2 saturated carbocycles. The second-order valence-corrected chi connectivity index (χ2v) is 3.66. The molecular formula is C8H10. The lowest BCUT2D eigenvalue weighted by atomic mass is 9.74. The highest BCUT2D eigenvalue weighted by Crippen LogP contribution is 2.79. The molecule has 0 aliphatic heterocycles. The van der Waals surface area contributed by atoms with Gasteiger partial charge in [0.25, 0.3) is 0 Å². The molecule has 2 fully saturated rings. The Hall–Kier alpha value is -0.260. The predicted molar refractivity (Wildman–Crippen MR) is 32.4 cm³/mol. The van der Waals surface area contributed by atoms with Crippen molar-refractivity contribution in [3.05, 3.63) is 11.6 Å². The van der Waals surface area contributed by atoms with Crippen molar-refractivity contribution in [1.82, 2.24) is 0 Å². The zero-order chi connectivity index (χ0) is 5.35. The first-order chi connectivity index (χ1) is 3.83. The molecular weight excluding hydrogens is 96.1 g/mol. The van der Waals surface area contributed by atoms with Gasteiger partial charge >= 0.3 is 0 Å². The van der Waals surface area contributed by atoms with E-state index < -0.39 is 0 Å². The molecule has 0 aromatic carbocycles. The van der Waals surface area contributed by atoms with Crippen LogP contribution < -0.4 is 0 Å². The van der Waals surface area contributed by atoms with Crippen LogP contribution in [0.3, 0.4) is 0 Å². The third kappa shape index (κ3) is 0.156. The fourth-order valence-corrected chi connectivity index (χ4v) is 2.80. The molecule has 42 valence electrons. The van der Waals surface area contributed by atoms with Gasteiger partial charge in [-0.25, -0.2) is 0 Å². The summed E-state index contributed by atoms with van der Waals surface area (Å²) in [5, 5.41) is 0. The smallest absolute Gasteiger partial charge is 0.00162 e. The van der Waals surface area contributed by atoms with Crippen molar-refractivity contribution in [1.29, 1.82) is 0 Å². The minimum atomic E-state index is 0.778. The van der Waals surface area contributed by atoms with Gasteiger partial charge in [-0.2, -0.15) is 0 Å². The topological polar surface area (TPSA) is 0 Å². The van der Waals surface area contributed by atoms with Gasteiger partial charge in [0.05, 0.1) is 0 Å². The summed E-state index contributed by atoms with van der Waals surface area (Å²) < 4.78 is 0. The summed E-state index contributed by atoms with van der Waals surface area (Å²) in [4.78, 5) is 0. The lowest BCUT2D eigenvalue weighted by Crippen LogP contribution is -2.23. The van der Waals surface area contributed by atoms with Crippen LogP contribution in [-0.2, 0) is 0 Å². The van der Waals surface area contributed by atoms with Gasteiger partial charge in [0, 0.05) is 0 Å². The van der Waals surface area contributed by atoms with Gasteiger partial charge in [-0.05, 0) is 30.1 Å². The van der Waals surface area contributed by atoms with Crippen molar-refractivity contribution in [3.8, 4) is 0 Å². The van der Waals surface area contributed by atoms with Gasteiger partial charge in [0.2, 0.25) is 0 Å². The van der Waals surface area contributed by atoms with Gasteiger partial charge in [-0.3, -0.25) is 0 Å². The maximum atomic E-state index is 2.47. The summed E-state index contributed by atoms with van der Waals surface area (Å²) >= 11 is 0. The summed E-state index contributed by atoms with van der Waals surface area (Å²) in [6.07, 6.45) is 5.41. The van der Waals surface area contributed by atoms with Crippen LogP contribution in [0.5, 0.6) is 0 Å². The second kappa shape index (κ2) is 0.706. The van der Waals surface area contributed by atoms with E-state index in [1.54, 1.807) is 0 Å². The first-order valence-electron chi connectivity index (χ1n) is 3.54. The average molecular weight is 106 g/mol. The van der Waals surface area contributed by atoms with Crippen LogP contribution in [0.2, 0.25) is 0 Å². The molecule has 0 heterocycles. The van der Waals surface area contributed by atoms with Crippen molar-refractivity contribution in [2.75, 3.05) is 0 Å². The number of fused-ring (bicyclic) bond motifs is 1. The van der Waals surface area contributed by atoms with Crippen molar-refractivity contribution >= 4 is 0 Å². The summed E-state index contributed by atoms with van der Waals surface area (Å²) in [5.41, 5.74) is 2.59. The Kier molecular flexibility index (Phi) is 0.327. The molecule has 3 aliphatic carbocycles. The van der Waals surface area contributed by atoms with E-state index in [-0.39, 0.29) is 0 Å². The number of hydrogen-bond donors (Lipinski definition) is 0. The Balaban J connectivity index is 2.25. The predicted octanol–water partition coefficient (Wildman–Crippen LogP) is 1.97. The number of rotatable bonds is 0. The summed E-state index contributed by atoms with van der Waals surface area (Å²) in [7, 11) is 0. The summed E-state index contributed by atoms with van der Waals surface area (Å²) in [6, 6.07) is 0. The highest BCUT2D eigenvalue weighted by Gasteiger charge is 2.70. The molecule has 0 aromatic rings. The summed E-state index contributed by atoms with van der Waals surface area (Å²) in [5.74, 6) is 2.16. The van der Waals surface area contributed by atoms with Gasteiger partial charge < -0.3 is 0 Å². The zero-order valence-corrected chi connectivity index (χ0v) is 5.15. The Morgan fingerprint density at radius 3 is 2.75 bits per heavy atom. The van der Waals surface area contributed by atoms with Crippen LogP contribution in [0.25, 0.3) is 0 Å². The van der Waals surface area contributed by atoms with E-state index in [4.69, 9.17) is 0 Å². The molecule has 0 N–H and O–H groups in total. The number of hydrogen-bond acceptors (Lipinski definition) is 0. The maximum absolute atomic E-state index is 2.47. The maximum Gasteiger partial charge on any atom is -0.00162 e. The van der Waals surface area contributed by atoms with Gasteiger partial charge in [-0.15, -0.1) is 0 Å². The fourth-order valence-electron chi connectivity index (χ4n) is 2.80. The minimum Gasteiger partial charge on any atom is -0.0841 e. The third-order valence-corrected chi connectivity index (χ3v) is 3.63. The fraction of sp³-hybridized carbons (Fsp3) is 0.750. The normalized spacial score (nSPS) is 63.9. The molecule has 3 aliphatic rings. The zero-order valence-electron chi connectivity index (χ0n) is 5.15. The lowest BCUT2D eigenvalue weighted by Gasteiger charge is -2.30. The minimum absolute atomic E-state index is 0.778. The van der Waals surface area contributed by atoms with Crippen LogP contribution in [0.1, 0.15) is 19.8 Å². The van der Waals surface area contributed by atoms with E-state index in [1.807, 2.05) is 5.57 Å². The van der Waals surface area contributed by atoms with E-state index >= 15 is 0 Å². The first-order valence-corrected chi connectivity index (χ1v) is 3.54. The largest absolute Gasteiger partial charge is 0.0841 e. The number of allylic oxidation sites excluding steroid dienone is 2. The third-order valence-electron chi connectivity index (χ3n) is 3.63. The van der Waals surface area contributed by atoms with Crippen molar-refractivity contribution < 1.29 is 0 Å². The molecule has 0 bridgehead atoms. The Morgan fingerprint density at radius 1 is 1.75 bits per heavy atom. The highest BCUT2D eigenvalue weighted by molar-refractivity contribution is 5.49. The van der Waals surface area contributed by atoms with Crippen molar-refractivity contribution in [2.45, 2.75) is 19.8 Å². The van der Waals surface area contributed by atoms with E-state index in [0.29, 0.717) is 0 Å². The van der Waals surface area contributed by atoms with Crippen molar-refractivity contribution in [2.24, 2.45) is 17.3 Å². The lowest BCUT2D eigenvalue weighted by molar-refractivity contribution is 0.188. The molecule has 0 saturated heterocycles. The van der Waals surface area contributed by atoms with Crippen LogP contribution in [0.4, 0.5) is 0 Å². The summed E-state index contributed by atoms with van der Waals surface area (Å²) in [6.45, 7) is 2.44. The molecule has 0 spiro atoms. The van der Waals surface area contributed by atoms with Gasteiger partial charge in [0.15, 0.2) is 0 Å². The van der Waals surface area contributed by atoms with E-state index in [9.17, 15) is 0 Å². The van der Waals surface area contributed by atoms with Gasteiger partial charge in [-0.1, -0.05) is 18.6 Å².